The molecule has 8 atom stereocenters. The number of ketones is 2. The molecule has 57 heavy (non-hydrogen) atoms. The van der Waals surface area contributed by atoms with E-state index in [0.29, 0.717) is 17.7 Å². The van der Waals surface area contributed by atoms with Crippen LogP contribution in [0.1, 0.15) is 76.0 Å². The lowest BCUT2D eigenvalue weighted by Crippen LogP contribution is -2.61. The molecular weight excluding hydrogens is 727 g/mol. The molecule has 2 aromatic carbocycles. The number of pyridine rings is 1. The fraction of sp³-hybridized carbons (Fsp3) is 0.467. The number of esters is 2. The molecule has 1 heterocycles. The van der Waals surface area contributed by atoms with Gasteiger partial charge in [0.2, 0.25) is 11.7 Å². The number of hydrogen-bond acceptors (Lipinski definition) is 11. The summed E-state index contributed by atoms with van der Waals surface area (Å²) in [4.78, 5) is 70.2. The van der Waals surface area contributed by atoms with E-state index in [1.807, 2.05) is 56.3 Å². The van der Waals surface area contributed by atoms with Crippen molar-refractivity contribution in [3.8, 4) is 0 Å². The van der Waals surface area contributed by atoms with Crippen LogP contribution in [0.2, 0.25) is 0 Å². The van der Waals surface area contributed by atoms with Crippen molar-refractivity contribution in [2.75, 3.05) is 26.0 Å². The van der Waals surface area contributed by atoms with Crippen molar-refractivity contribution in [2.45, 2.75) is 83.1 Å². The second-order valence-electron chi connectivity index (χ2n) is 16.9. The zero-order valence-corrected chi connectivity index (χ0v) is 32.9. The van der Waals surface area contributed by atoms with Crippen LogP contribution in [0, 0.1) is 28.6 Å². The summed E-state index contributed by atoms with van der Waals surface area (Å²) < 4.78 is 10.7. The lowest BCUT2D eigenvalue weighted by atomic mass is 9.46. The monoisotopic (exact) mass is 777 g/mol. The molecule has 300 valence electrons. The third-order valence-corrected chi connectivity index (χ3v) is 13.4. The lowest BCUT2D eigenvalue weighted by molar-refractivity contribution is -0.181. The zero-order chi connectivity index (χ0) is 40.7. The van der Waals surface area contributed by atoms with Crippen LogP contribution in [-0.4, -0.2) is 81.9 Å². The van der Waals surface area contributed by atoms with Gasteiger partial charge in [-0.3, -0.25) is 33.9 Å². The van der Waals surface area contributed by atoms with E-state index in [-0.39, 0.29) is 61.7 Å². The predicted octanol–water partition coefficient (Wildman–Crippen LogP) is 5.42. The van der Waals surface area contributed by atoms with Gasteiger partial charge in [-0.25, -0.2) is 0 Å². The minimum absolute atomic E-state index is 0.0286. The number of carbonyl (C=O) groups is 5. The molecule has 0 radical (unpaired) electrons. The number of allylic oxidation sites excluding steroid dienone is 4. The highest BCUT2D eigenvalue weighted by atomic mass is 16.5. The Hall–Kier alpha value is -5.04. The number of Topliss-reactive ketones (excluding diaryl/α,β-unsaturated/α-hetero) is 1. The maximum absolute atomic E-state index is 13.6. The van der Waals surface area contributed by atoms with Crippen molar-refractivity contribution in [3.63, 3.8) is 0 Å². The molecular formula is C45H51N3O9. The first-order chi connectivity index (χ1) is 27.1. The highest BCUT2D eigenvalue weighted by Crippen LogP contribution is 2.67. The number of aromatic nitrogens is 1. The Morgan fingerprint density at radius 1 is 0.982 bits per heavy atom. The van der Waals surface area contributed by atoms with Crippen molar-refractivity contribution < 1.29 is 43.7 Å². The van der Waals surface area contributed by atoms with E-state index in [0.717, 1.165) is 34.8 Å². The number of aliphatic hydroxyl groups is 2. The Balaban J connectivity index is 0.874. The predicted molar refractivity (Wildman–Crippen MR) is 211 cm³/mol. The van der Waals surface area contributed by atoms with Gasteiger partial charge in [-0.1, -0.05) is 55.8 Å². The van der Waals surface area contributed by atoms with Crippen LogP contribution in [0.4, 0.5) is 5.69 Å². The molecule has 3 aromatic rings. The van der Waals surface area contributed by atoms with Gasteiger partial charge in [0.05, 0.1) is 18.9 Å². The zero-order valence-electron chi connectivity index (χ0n) is 32.9. The van der Waals surface area contributed by atoms with Gasteiger partial charge in [0.25, 0.3) is 0 Å². The number of amides is 1. The maximum atomic E-state index is 13.6. The fourth-order valence-corrected chi connectivity index (χ4v) is 10.4. The second-order valence-corrected chi connectivity index (χ2v) is 16.9. The number of hydrogen-bond donors (Lipinski definition) is 3. The molecule has 4 aliphatic rings. The first-order valence-corrected chi connectivity index (χ1v) is 19.7. The standard InChI is InChI=1S/C45H51N3O9/c1-43-18-15-33(49)22-31(43)10-12-34-35-16-19-45(55,44(35,2)23-36(50)40(34)43)37(51)26-57-39(53)14-13-38(52)56-25-27-5-7-28(8-6-27)41(48(3)4)42(54)47-32-11-9-30-24-46-20-17-29(30)21-32/h5-9,11,15,17-18,20-22,24,34-36,40-41,50,55H,10,12-14,16,19,23,25-26H2,1-4H3,(H,47,54)/t34-,35-,36-,40+,41?,43-,44-,45-/m0/s1. The van der Waals surface area contributed by atoms with Crippen molar-refractivity contribution in [3.05, 3.63) is 95.9 Å². The number of nitrogens with zero attached hydrogens (tertiary/aromatic N) is 2. The van der Waals surface area contributed by atoms with E-state index in [4.69, 9.17) is 9.47 Å². The van der Waals surface area contributed by atoms with Gasteiger partial charge >= 0.3 is 11.9 Å². The van der Waals surface area contributed by atoms with Gasteiger partial charge in [0, 0.05) is 40.2 Å². The minimum atomic E-state index is -1.78. The molecule has 1 unspecified atom stereocenters. The topological polar surface area (TPSA) is 172 Å². The van der Waals surface area contributed by atoms with Gasteiger partial charge in [0.15, 0.2) is 12.4 Å². The van der Waals surface area contributed by atoms with Crippen molar-refractivity contribution in [1.82, 2.24) is 9.88 Å². The maximum Gasteiger partial charge on any atom is 0.306 e. The molecule has 1 aromatic heterocycles. The molecule has 12 nitrogen and oxygen atoms in total. The average molecular weight is 778 g/mol. The summed E-state index contributed by atoms with van der Waals surface area (Å²) in [5.41, 5.74) is -0.00843. The van der Waals surface area contributed by atoms with Gasteiger partial charge in [-0.2, -0.15) is 0 Å². The molecule has 0 spiro atoms. The third kappa shape index (κ3) is 7.58. The normalized spacial score (nSPS) is 29.5. The molecule has 7 rings (SSSR count). The van der Waals surface area contributed by atoms with Crippen molar-refractivity contribution in [1.29, 1.82) is 0 Å². The summed E-state index contributed by atoms with van der Waals surface area (Å²) in [6, 6.07) is 14.1. The average Bonchev–Trinajstić information content (AvgIpc) is 3.45. The summed E-state index contributed by atoms with van der Waals surface area (Å²) in [5.74, 6) is -2.35. The molecule has 3 fully saturated rings. The highest BCUT2D eigenvalue weighted by Gasteiger charge is 2.68. The third-order valence-electron chi connectivity index (χ3n) is 13.4. The van der Waals surface area contributed by atoms with Crippen LogP contribution in [0.25, 0.3) is 10.8 Å². The molecule has 3 N–H and O–H groups in total. The van der Waals surface area contributed by atoms with E-state index >= 15 is 0 Å². The van der Waals surface area contributed by atoms with Crippen LogP contribution >= 0.6 is 0 Å². The molecule has 4 aliphatic carbocycles. The Labute approximate surface area is 332 Å². The van der Waals surface area contributed by atoms with E-state index < -0.39 is 52.9 Å². The summed E-state index contributed by atoms with van der Waals surface area (Å²) in [5, 5.41) is 28.5. The van der Waals surface area contributed by atoms with Gasteiger partial charge < -0.3 is 25.0 Å². The van der Waals surface area contributed by atoms with Crippen LogP contribution in [0.15, 0.2) is 84.7 Å². The number of benzene rings is 2. The number of fused-ring (bicyclic) bond motifs is 6. The number of rotatable bonds is 12. The van der Waals surface area contributed by atoms with Crippen LogP contribution in [0.3, 0.4) is 0 Å². The second kappa shape index (κ2) is 15.7. The van der Waals surface area contributed by atoms with E-state index in [2.05, 4.69) is 17.2 Å². The highest BCUT2D eigenvalue weighted by molar-refractivity contribution is 6.01. The number of nitrogens with one attached hydrogen (secondary N) is 1. The summed E-state index contributed by atoms with van der Waals surface area (Å²) in [7, 11) is 3.64. The Morgan fingerprint density at radius 3 is 2.46 bits per heavy atom. The molecule has 0 aliphatic heterocycles. The number of anilines is 1. The molecule has 3 saturated carbocycles. The Morgan fingerprint density at radius 2 is 1.72 bits per heavy atom. The summed E-state index contributed by atoms with van der Waals surface area (Å²) >= 11 is 0. The van der Waals surface area contributed by atoms with E-state index in [1.54, 1.807) is 48.8 Å². The minimum Gasteiger partial charge on any atom is -0.461 e. The van der Waals surface area contributed by atoms with Crippen LogP contribution in [-0.2, 0) is 40.1 Å². The first kappa shape index (κ1) is 40.2. The summed E-state index contributed by atoms with van der Waals surface area (Å²) in [6.45, 7) is 3.26. The molecule has 0 bridgehead atoms. The Kier molecular flexibility index (Phi) is 11.1. The Bertz CT molecular complexity index is 2150. The van der Waals surface area contributed by atoms with Gasteiger partial charge in [-0.15, -0.1) is 0 Å². The lowest BCUT2D eigenvalue weighted by Gasteiger charge is -2.59. The largest absolute Gasteiger partial charge is 0.461 e. The smallest absolute Gasteiger partial charge is 0.306 e. The number of likely N-dealkylation sites (N-methyl/N-ethyl adjacent to an activating group) is 1. The molecule has 0 saturated heterocycles. The first-order valence-electron chi connectivity index (χ1n) is 19.7. The van der Waals surface area contributed by atoms with Crippen molar-refractivity contribution >= 4 is 45.9 Å². The number of carbonyl (C=O) groups excluding carboxylic acids is 5. The van der Waals surface area contributed by atoms with Gasteiger partial charge in [-0.05, 0) is 105 Å². The SMILES string of the molecule is CN(C)C(C(=O)Nc1ccc2cnccc2c1)c1ccc(COC(=O)CCC(=O)OCC(=O)[C@@]2(O)CC[C@H]3[C@@H]4CCC5=CC(=O)C=C[C@]5(C)[C@H]4[C@@H](O)C[C@@]32C)cc1. The van der Waals surface area contributed by atoms with E-state index in [1.165, 1.54) is 0 Å². The number of aliphatic hydroxyl groups excluding tert-OH is 1. The van der Waals surface area contributed by atoms with E-state index in [9.17, 15) is 34.2 Å². The molecule has 1 amide bonds. The molecule has 12 heteroatoms. The fourth-order valence-electron chi connectivity index (χ4n) is 10.4. The summed E-state index contributed by atoms with van der Waals surface area (Å²) in [6.07, 6.45) is 9.79. The number of ether oxygens (including phenoxy) is 2. The van der Waals surface area contributed by atoms with Crippen LogP contribution in [0.5, 0.6) is 0 Å². The van der Waals surface area contributed by atoms with Crippen LogP contribution < -0.4 is 5.32 Å². The van der Waals surface area contributed by atoms with Crippen molar-refractivity contribution in [2.24, 2.45) is 28.6 Å². The quantitative estimate of drug-likeness (QED) is 0.201. The van der Waals surface area contributed by atoms with Gasteiger partial charge in [0.1, 0.15) is 18.2 Å².